The topological polar surface area (TPSA) is 41.6 Å². The van der Waals surface area contributed by atoms with Crippen LogP contribution in [0.3, 0.4) is 0 Å². The third-order valence-corrected chi connectivity index (χ3v) is 5.73. The minimum Gasteiger partial charge on any atom is -0.457 e. The Bertz CT molecular complexity index is 787. The van der Waals surface area contributed by atoms with Crippen LogP contribution in [0.15, 0.2) is 60.7 Å². The van der Waals surface area contributed by atoms with Crippen LogP contribution in [-0.4, -0.2) is 36.0 Å². The molecule has 27 heavy (non-hydrogen) atoms. The molecule has 0 radical (unpaired) electrons. The second-order valence-electron chi connectivity index (χ2n) is 7.54. The zero-order valence-corrected chi connectivity index (χ0v) is 15.7. The molecule has 140 valence electrons. The Kier molecular flexibility index (Phi) is 5.26. The van der Waals surface area contributed by atoms with Gasteiger partial charge in [-0.05, 0) is 68.6 Å². The molecule has 2 aromatic rings. The van der Waals surface area contributed by atoms with E-state index in [2.05, 4.69) is 17.3 Å². The lowest BCUT2D eigenvalue weighted by Crippen LogP contribution is -2.48. The Morgan fingerprint density at radius 3 is 2.30 bits per heavy atom. The molecule has 2 aliphatic rings. The summed E-state index contributed by atoms with van der Waals surface area (Å²) in [6.45, 7) is 0. The van der Waals surface area contributed by atoms with Crippen LogP contribution in [0.4, 0.5) is 0 Å². The standard InChI is InChI=1S/C23H26N2O2/c1-25-19-10-11-20(25)16-18(15-19)24-23(26)14-9-17-7-12-22(13-8-17)27-21-5-3-2-4-6-21/h2-9,12-14,18-20H,10-11,15-16H2,1H3,(H,24,26). The largest absolute Gasteiger partial charge is 0.457 e. The number of hydrogen-bond acceptors (Lipinski definition) is 3. The summed E-state index contributed by atoms with van der Waals surface area (Å²) in [6.07, 6.45) is 8.15. The second kappa shape index (κ2) is 7.97. The zero-order chi connectivity index (χ0) is 18.6. The van der Waals surface area contributed by atoms with E-state index >= 15 is 0 Å². The van der Waals surface area contributed by atoms with Crippen LogP contribution in [0, 0.1) is 0 Å². The van der Waals surface area contributed by atoms with Crippen molar-refractivity contribution in [1.82, 2.24) is 10.2 Å². The van der Waals surface area contributed by atoms with Crippen molar-refractivity contribution >= 4 is 12.0 Å². The number of ether oxygens (including phenoxy) is 1. The van der Waals surface area contributed by atoms with E-state index in [1.807, 2.05) is 60.7 Å². The number of rotatable bonds is 5. The number of carbonyl (C=O) groups excluding carboxylic acids is 1. The highest BCUT2D eigenvalue weighted by atomic mass is 16.5. The van der Waals surface area contributed by atoms with Gasteiger partial charge >= 0.3 is 0 Å². The molecule has 4 heteroatoms. The highest BCUT2D eigenvalue weighted by molar-refractivity contribution is 5.91. The van der Waals surface area contributed by atoms with Crippen molar-refractivity contribution in [2.24, 2.45) is 0 Å². The Labute approximate surface area is 160 Å². The second-order valence-corrected chi connectivity index (χ2v) is 7.54. The number of hydrogen-bond donors (Lipinski definition) is 1. The van der Waals surface area contributed by atoms with Gasteiger partial charge in [0.15, 0.2) is 0 Å². The quantitative estimate of drug-likeness (QED) is 0.809. The van der Waals surface area contributed by atoms with Crippen molar-refractivity contribution in [1.29, 1.82) is 0 Å². The lowest BCUT2D eigenvalue weighted by molar-refractivity contribution is -0.117. The first kappa shape index (κ1) is 17.8. The molecule has 0 aromatic heterocycles. The summed E-state index contributed by atoms with van der Waals surface area (Å²) >= 11 is 0. The summed E-state index contributed by atoms with van der Waals surface area (Å²) in [5.74, 6) is 1.59. The minimum absolute atomic E-state index is 0.00596. The molecular formula is C23H26N2O2. The number of piperidine rings is 1. The van der Waals surface area contributed by atoms with E-state index in [4.69, 9.17) is 4.74 Å². The van der Waals surface area contributed by atoms with Crippen molar-refractivity contribution in [3.8, 4) is 11.5 Å². The maximum absolute atomic E-state index is 12.3. The van der Waals surface area contributed by atoms with Crippen LogP contribution in [-0.2, 0) is 4.79 Å². The van der Waals surface area contributed by atoms with Gasteiger partial charge in [0.2, 0.25) is 5.91 Å². The summed E-state index contributed by atoms with van der Waals surface area (Å²) in [4.78, 5) is 14.8. The molecule has 2 aromatic carbocycles. The van der Waals surface area contributed by atoms with Crippen molar-refractivity contribution in [2.75, 3.05) is 7.05 Å². The Hall–Kier alpha value is -2.59. The van der Waals surface area contributed by atoms with Gasteiger partial charge in [-0.2, -0.15) is 0 Å². The van der Waals surface area contributed by atoms with E-state index in [9.17, 15) is 4.79 Å². The average Bonchev–Trinajstić information content (AvgIpc) is 2.89. The van der Waals surface area contributed by atoms with Gasteiger partial charge in [0, 0.05) is 24.2 Å². The molecule has 2 fully saturated rings. The van der Waals surface area contributed by atoms with Gasteiger partial charge in [-0.3, -0.25) is 4.79 Å². The van der Waals surface area contributed by atoms with Crippen molar-refractivity contribution in [2.45, 2.75) is 43.8 Å². The molecule has 2 heterocycles. The summed E-state index contributed by atoms with van der Waals surface area (Å²) in [6, 6.07) is 19.0. The third kappa shape index (κ3) is 4.40. The maximum atomic E-state index is 12.3. The van der Waals surface area contributed by atoms with Gasteiger partial charge in [-0.1, -0.05) is 30.3 Å². The first-order valence-electron chi connectivity index (χ1n) is 9.71. The monoisotopic (exact) mass is 362 g/mol. The van der Waals surface area contributed by atoms with Gasteiger partial charge < -0.3 is 15.0 Å². The van der Waals surface area contributed by atoms with E-state index in [0.717, 1.165) is 29.9 Å². The summed E-state index contributed by atoms with van der Waals surface area (Å²) in [5, 5.41) is 3.18. The van der Waals surface area contributed by atoms with E-state index in [1.165, 1.54) is 12.8 Å². The molecule has 2 unspecified atom stereocenters. The smallest absolute Gasteiger partial charge is 0.244 e. The normalized spacial score (nSPS) is 24.9. The summed E-state index contributed by atoms with van der Waals surface area (Å²) < 4.78 is 5.79. The molecule has 0 aliphatic carbocycles. The highest BCUT2D eigenvalue weighted by Crippen LogP contribution is 2.34. The number of amides is 1. The summed E-state index contributed by atoms with van der Waals surface area (Å²) in [5.41, 5.74) is 0.981. The Morgan fingerprint density at radius 2 is 1.63 bits per heavy atom. The fraction of sp³-hybridized carbons (Fsp3) is 0.348. The molecule has 1 N–H and O–H groups in total. The number of nitrogens with one attached hydrogen (secondary N) is 1. The fourth-order valence-electron chi connectivity index (χ4n) is 4.22. The van der Waals surface area contributed by atoms with Crippen LogP contribution < -0.4 is 10.1 Å². The zero-order valence-electron chi connectivity index (χ0n) is 15.7. The van der Waals surface area contributed by atoms with Gasteiger partial charge in [-0.15, -0.1) is 0 Å². The predicted octanol–water partition coefficient (Wildman–Crippen LogP) is 4.23. The molecule has 0 saturated carbocycles. The van der Waals surface area contributed by atoms with E-state index in [0.29, 0.717) is 18.1 Å². The fourth-order valence-corrected chi connectivity index (χ4v) is 4.22. The Morgan fingerprint density at radius 1 is 1.00 bits per heavy atom. The Balaban J connectivity index is 1.29. The van der Waals surface area contributed by atoms with Gasteiger partial charge in [-0.25, -0.2) is 0 Å². The van der Waals surface area contributed by atoms with E-state index in [1.54, 1.807) is 6.08 Å². The number of benzene rings is 2. The molecule has 2 aliphatic heterocycles. The molecule has 2 bridgehead atoms. The predicted molar refractivity (Wildman–Crippen MR) is 108 cm³/mol. The van der Waals surface area contributed by atoms with Gasteiger partial charge in [0.05, 0.1) is 0 Å². The van der Waals surface area contributed by atoms with E-state index in [-0.39, 0.29) is 5.91 Å². The SMILES string of the molecule is CN1C2CCC1CC(NC(=O)C=Cc1ccc(Oc3ccccc3)cc1)C2. The number of para-hydroxylation sites is 1. The molecule has 2 atom stereocenters. The van der Waals surface area contributed by atoms with Crippen molar-refractivity contribution in [3.05, 3.63) is 66.2 Å². The van der Waals surface area contributed by atoms with Gasteiger partial charge in [0.1, 0.15) is 11.5 Å². The lowest BCUT2D eigenvalue weighted by Gasteiger charge is -2.36. The first-order valence-corrected chi connectivity index (χ1v) is 9.71. The lowest BCUT2D eigenvalue weighted by atomic mass is 9.98. The van der Waals surface area contributed by atoms with Crippen LogP contribution in [0.1, 0.15) is 31.2 Å². The van der Waals surface area contributed by atoms with E-state index < -0.39 is 0 Å². The highest BCUT2D eigenvalue weighted by Gasteiger charge is 2.38. The molecule has 0 spiro atoms. The van der Waals surface area contributed by atoms with Crippen molar-refractivity contribution in [3.63, 3.8) is 0 Å². The van der Waals surface area contributed by atoms with Crippen LogP contribution in [0.25, 0.3) is 6.08 Å². The van der Waals surface area contributed by atoms with Crippen LogP contribution >= 0.6 is 0 Å². The van der Waals surface area contributed by atoms with Crippen molar-refractivity contribution < 1.29 is 9.53 Å². The summed E-state index contributed by atoms with van der Waals surface area (Å²) in [7, 11) is 2.21. The van der Waals surface area contributed by atoms with Crippen LogP contribution in [0.5, 0.6) is 11.5 Å². The first-order chi connectivity index (χ1) is 13.2. The number of carbonyl (C=O) groups is 1. The average molecular weight is 362 g/mol. The maximum Gasteiger partial charge on any atom is 0.244 e. The third-order valence-electron chi connectivity index (χ3n) is 5.73. The molecule has 1 amide bonds. The van der Waals surface area contributed by atoms with Gasteiger partial charge in [0.25, 0.3) is 0 Å². The molecule has 2 saturated heterocycles. The number of nitrogens with zero attached hydrogens (tertiary/aromatic N) is 1. The van der Waals surface area contributed by atoms with Crippen LogP contribution in [0.2, 0.25) is 0 Å². The molecule has 4 rings (SSSR count). The molecule has 4 nitrogen and oxygen atoms in total. The number of fused-ring (bicyclic) bond motifs is 2. The minimum atomic E-state index is -0.00596. The molecular weight excluding hydrogens is 336 g/mol.